The lowest BCUT2D eigenvalue weighted by Crippen LogP contribution is -2.44. The molecule has 4 rings (SSSR count). The van der Waals surface area contributed by atoms with Gasteiger partial charge in [0.2, 0.25) is 0 Å². The third-order valence-electron chi connectivity index (χ3n) is 4.95. The smallest absolute Gasteiger partial charge is 0.263 e. The van der Waals surface area contributed by atoms with Crippen LogP contribution < -0.4 is 4.74 Å². The molecular formula is C21H21FN2O3. The lowest BCUT2D eigenvalue weighted by atomic mass is 9.96. The van der Waals surface area contributed by atoms with Crippen LogP contribution >= 0.6 is 0 Å². The normalized spacial score (nSPS) is 16.4. The van der Waals surface area contributed by atoms with Crippen molar-refractivity contribution >= 4 is 17.0 Å². The monoisotopic (exact) mass is 368 g/mol. The maximum atomic E-state index is 13.7. The molecule has 0 unspecified atom stereocenters. The van der Waals surface area contributed by atoms with Crippen molar-refractivity contribution in [3.05, 3.63) is 60.2 Å². The first-order valence-corrected chi connectivity index (χ1v) is 9.17. The number of oxazole rings is 1. The van der Waals surface area contributed by atoms with Crippen molar-refractivity contribution in [1.29, 1.82) is 0 Å². The molecule has 1 aromatic heterocycles. The molecule has 140 valence electrons. The van der Waals surface area contributed by atoms with Crippen molar-refractivity contribution in [1.82, 2.24) is 9.88 Å². The van der Waals surface area contributed by atoms with Crippen LogP contribution in [0.5, 0.6) is 5.75 Å². The third kappa shape index (κ3) is 3.65. The molecule has 2 heterocycles. The fourth-order valence-electron chi connectivity index (χ4n) is 3.45. The van der Waals surface area contributed by atoms with E-state index >= 15 is 0 Å². The Balaban J connectivity index is 1.36. The van der Waals surface area contributed by atoms with Gasteiger partial charge in [-0.3, -0.25) is 4.79 Å². The van der Waals surface area contributed by atoms with Crippen LogP contribution in [0.15, 0.2) is 52.9 Å². The molecule has 0 aliphatic carbocycles. The minimum atomic E-state index is -0.734. The van der Waals surface area contributed by atoms with E-state index in [1.54, 1.807) is 24.0 Å². The summed E-state index contributed by atoms with van der Waals surface area (Å²) in [5.41, 5.74) is 1.65. The van der Waals surface area contributed by atoms with Crippen LogP contribution in [0.2, 0.25) is 0 Å². The summed E-state index contributed by atoms with van der Waals surface area (Å²) in [6.07, 6.45) is 0.832. The highest BCUT2D eigenvalue weighted by Crippen LogP contribution is 2.30. The van der Waals surface area contributed by atoms with Gasteiger partial charge in [-0.25, -0.2) is 9.37 Å². The van der Waals surface area contributed by atoms with E-state index in [1.807, 2.05) is 24.3 Å². The van der Waals surface area contributed by atoms with Gasteiger partial charge in [-0.15, -0.1) is 0 Å². The lowest BCUT2D eigenvalue weighted by Gasteiger charge is -2.32. The maximum absolute atomic E-state index is 13.7. The number of rotatable bonds is 4. The number of likely N-dealkylation sites (tertiary alicyclic amines) is 1. The van der Waals surface area contributed by atoms with E-state index in [-0.39, 0.29) is 17.6 Å². The lowest BCUT2D eigenvalue weighted by molar-refractivity contribution is -0.139. The summed E-state index contributed by atoms with van der Waals surface area (Å²) in [5, 5.41) is 0. The van der Waals surface area contributed by atoms with Crippen molar-refractivity contribution in [2.45, 2.75) is 31.8 Å². The van der Waals surface area contributed by atoms with Crippen molar-refractivity contribution in [3.8, 4) is 5.75 Å². The van der Waals surface area contributed by atoms with Crippen molar-refractivity contribution in [2.24, 2.45) is 0 Å². The highest BCUT2D eigenvalue weighted by atomic mass is 19.1. The van der Waals surface area contributed by atoms with E-state index < -0.39 is 11.9 Å². The highest BCUT2D eigenvalue weighted by Gasteiger charge is 2.30. The zero-order valence-corrected chi connectivity index (χ0v) is 15.1. The number of halogens is 1. The Hall–Kier alpha value is -2.89. The molecule has 0 bridgehead atoms. The van der Waals surface area contributed by atoms with E-state index in [1.165, 1.54) is 12.1 Å². The maximum Gasteiger partial charge on any atom is 0.263 e. The van der Waals surface area contributed by atoms with Gasteiger partial charge in [-0.05, 0) is 44.0 Å². The first kappa shape index (κ1) is 17.5. The average Bonchev–Trinajstić information content (AvgIpc) is 3.13. The van der Waals surface area contributed by atoms with Gasteiger partial charge in [0.25, 0.3) is 5.91 Å². The van der Waals surface area contributed by atoms with Gasteiger partial charge in [-0.2, -0.15) is 0 Å². The van der Waals surface area contributed by atoms with Crippen LogP contribution in [0.4, 0.5) is 4.39 Å². The molecule has 1 saturated heterocycles. The predicted octanol–water partition coefficient (Wildman–Crippen LogP) is 4.14. The first-order chi connectivity index (χ1) is 13.1. The molecule has 3 aromatic rings. The van der Waals surface area contributed by atoms with Crippen LogP contribution in [-0.2, 0) is 4.79 Å². The van der Waals surface area contributed by atoms with Gasteiger partial charge < -0.3 is 14.1 Å². The second-order valence-electron chi connectivity index (χ2n) is 6.81. The van der Waals surface area contributed by atoms with E-state index in [9.17, 15) is 9.18 Å². The summed E-state index contributed by atoms with van der Waals surface area (Å²) >= 11 is 0. The Morgan fingerprint density at radius 2 is 1.89 bits per heavy atom. The van der Waals surface area contributed by atoms with Crippen molar-refractivity contribution < 1.29 is 18.3 Å². The van der Waals surface area contributed by atoms with E-state index in [2.05, 4.69) is 4.98 Å². The number of amides is 1. The zero-order chi connectivity index (χ0) is 18.8. The molecule has 1 aliphatic rings. The Morgan fingerprint density at radius 1 is 1.19 bits per heavy atom. The molecule has 2 aromatic carbocycles. The van der Waals surface area contributed by atoms with Gasteiger partial charge in [-0.1, -0.05) is 24.3 Å². The van der Waals surface area contributed by atoms with Crippen LogP contribution in [0.3, 0.4) is 0 Å². The summed E-state index contributed by atoms with van der Waals surface area (Å²) < 4.78 is 25.1. The number of piperidine rings is 1. The first-order valence-electron chi connectivity index (χ1n) is 9.17. The number of hydrogen-bond donors (Lipinski definition) is 0. The molecule has 6 heteroatoms. The molecule has 1 fully saturated rings. The second-order valence-corrected chi connectivity index (χ2v) is 6.81. The van der Waals surface area contributed by atoms with Crippen molar-refractivity contribution in [3.63, 3.8) is 0 Å². The number of para-hydroxylation sites is 3. The number of nitrogens with zero attached hydrogens (tertiary/aromatic N) is 2. The van der Waals surface area contributed by atoms with Crippen LogP contribution in [0.25, 0.3) is 11.1 Å². The summed E-state index contributed by atoms with van der Waals surface area (Å²) in [6.45, 7) is 2.86. The number of carbonyl (C=O) groups is 1. The summed E-state index contributed by atoms with van der Waals surface area (Å²) in [6, 6.07) is 13.8. The molecule has 5 nitrogen and oxygen atoms in total. The van der Waals surface area contributed by atoms with Gasteiger partial charge in [0.05, 0.1) is 0 Å². The summed E-state index contributed by atoms with van der Waals surface area (Å²) in [7, 11) is 0. The second kappa shape index (κ2) is 7.39. The molecular weight excluding hydrogens is 347 g/mol. The Labute approximate surface area is 156 Å². The number of aromatic nitrogens is 1. The van der Waals surface area contributed by atoms with Gasteiger partial charge >= 0.3 is 0 Å². The van der Waals surface area contributed by atoms with Crippen molar-refractivity contribution in [2.75, 3.05) is 13.1 Å². The van der Waals surface area contributed by atoms with Gasteiger partial charge in [0.15, 0.2) is 29.1 Å². The number of hydrogen-bond acceptors (Lipinski definition) is 4. The van der Waals surface area contributed by atoms with Crippen LogP contribution in [0.1, 0.15) is 31.6 Å². The summed E-state index contributed by atoms with van der Waals surface area (Å²) in [4.78, 5) is 19.0. The fraction of sp³-hybridized carbons (Fsp3) is 0.333. The van der Waals surface area contributed by atoms with Gasteiger partial charge in [0, 0.05) is 19.0 Å². The quantitative estimate of drug-likeness (QED) is 0.694. The molecule has 1 aliphatic heterocycles. The number of benzene rings is 2. The number of ether oxygens (including phenoxy) is 1. The molecule has 1 atom stereocenters. The third-order valence-corrected chi connectivity index (χ3v) is 4.95. The zero-order valence-electron chi connectivity index (χ0n) is 15.1. The Kier molecular flexibility index (Phi) is 4.79. The SMILES string of the molecule is C[C@H](Oc1ccccc1F)C(=O)N1CCC(c2nc3ccccc3o2)CC1. The topological polar surface area (TPSA) is 55.6 Å². The van der Waals surface area contributed by atoms with E-state index in [4.69, 9.17) is 9.15 Å². The number of carbonyl (C=O) groups excluding carboxylic acids is 1. The van der Waals surface area contributed by atoms with E-state index in [0.29, 0.717) is 13.1 Å². The standard InChI is InChI=1S/C21H21FN2O3/c1-14(26-18-8-4-2-6-16(18)22)21(25)24-12-10-15(11-13-24)20-23-17-7-3-5-9-19(17)27-20/h2-9,14-15H,10-13H2,1H3/t14-/m0/s1. The fourth-order valence-corrected chi connectivity index (χ4v) is 3.45. The molecule has 1 amide bonds. The molecule has 0 saturated carbocycles. The molecule has 0 spiro atoms. The molecule has 27 heavy (non-hydrogen) atoms. The molecule has 0 N–H and O–H groups in total. The minimum Gasteiger partial charge on any atom is -0.478 e. The summed E-state index contributed by atoms with van der Waals surface area (Å²) in [5.74, 6) is 0.434. The Morgan fingerprint density at radius 3 is 2.63 bits per heavy atom. The number of fused-ring (bicyclic) bond motifs is 1. The highest BCUT2D eigenvalue weighted by molar-refractivity contribution is 5.81. The Bertz CT molecular complexity index is 914. The largest absolute Gasteiger partial charge is 0.478 e. The van der Waals surface area contributed by atoms with E-state index in [0.717, 1.165) is 29.8 Å². The average molecular weight is 368 g/mol. The minimum absolute atomic E-state index is 0.0970. The predicted molar refractivity (Wildman–Crippen MR) is 99.1 cm³/mol. The van der Waals surface area contributed by atoms with Crippen LogP contribution in [-0.4, -0.2) is 35.0 Å². The van der Waals surface area contributed by atoms with Crippen LogP contribution in [0, 0.1) is 5.82 Å². The van der Waals surface area contributed by atoms with Gasteiger partial charge in [0.1, 0.15) is 5.52 Å². The molecule has 0 radical (unpaired) electrons.